The number of nitrogens with two attached hydrogens (primary N) is 1. The maximum Gasteiger partial charge on any atom is 0.192 e. The molecule has 0 amide bonds. The summed E-state index contributed by atoms with van der Waals surface area (Å²) in [7, 11) is 1.77. The largest absolute Gasteiger partial charge is 0.382 e. The average molecular weight is 225 g/mol. The Morgan fingerprint density at radius 3 is 2.81 bits per heavy atom. The number of nitrogens with zero attached hydrogens (tertiary/aromatic N) is 2. The van der Waals surface area contributed by atoms with Gasteiger partial charge < -0.3 is 15.4 Å². The van der Waals surface area contributed by atoms with E-state index < -0.39 is 0 Å². The van der Waals surface area contributed by atoms with Crippen molar-refractivity contribution in [3.63, 3.8) is 0 Å². The molecule has 1 aliphatic carbocycles. The highest BCUT2D eigenvalue weighted by molar-refractivity contribution is 5.81. The highest BCUT2D eigenvalue weighted by Crippen LogP contribution is 2.46. The number of hydrogen-bond acceptors (Lipinski definition) is 4. The standard InChI is InChI=1S/C12H23N3O/c1-4-9(2)15-11(13)14-7-12(15,8-16-3)10-5-6-10/h9-10H,4-8H2,1-3H3,(H2,13,14). The van der Waals surface area contributed by atoms with Gasteiger partial charge >= 0.3 is 0 Å². The normalized spacial score (nSPS) is 31.7. The molecule has 4 heteroatoms. The summed E-state index contributed by atoms with van der Waals surface area (Å²) in [6.07, 6.45) is 3.67. The number of guanidine groups is 1. The molecule has 1 saturated carbocycles. The molecule has 1 fully saturated rings. The van der Waals surface area contributed by atoms with Crippen LogP contribution >= 0.6 is 0 Å². The van der Waals surface area contributed by atoms with Crippen LogP contribution in [0.2, 0.25) is 0 Å². The van der Waals surface area contributed by atoms with E-state index in [-0.39, 0.29) is 5.54 Å². The van der Waals surface area contributed by atoms with Crippen LogP contribution in [0.5, 0.6) is 0 Å². The second-order valence-electron chi connectivity index (χ2n) is 5.11. The fourth-order valence-corrected chi connectivity index (χ4v) is 2.88. The first-order chi connectivity index (χ1) is 7.65. The van der Waals surface area contributed by atoms with Gasteiger partial charge in [-0.15, -0.1) is 0 Å². The van der Waals surface area contributed by atoms with Crippen LogP contribution in [0, 0.1) is 5.92 Å². The van der Waals surface area contributed by atoms with E-state index in [9.17, 15) is 0 Å². The summed E-state index contributed by atoms with van der Waals surface area (Å²) in [5.74, 6) is 1.42. The minimum atomic E-state index is 0.0499. The van der Waals surface area contributed by atoms with E-state index in [4.69, 9.17) is 10.5 Å². The van der Waals surface area contributed by atoms with E-state index in [1.165, 1.54) is 12.8 Å². The third-order valence-electron chi connectivity index (χ3n) is 4.00. The van der Waals surface area contributed by atoms with Crippen molar-refractivity contribution in [3.8, 4) is 0 Å². The van der Waals surface area contributed by atoms with E-state index in [0.29, 0.717) is 17.9 Å². The van der Waals surface area contributed by atoms with Crippen LogP contribution in [-0.2, 0) is 4.74 Å². The van der Waals surface area contributed by atoms with E-state index in [1.807, 2.05) is 0 Å². The summed E-state index contributed by atoms with van der Waals surface area (Å²) in [6.45, 7) is 5.97. The van der Waals surface area contributed by atoms with Crippen LogP contribution in [0.1, 0.15) is 33.1 Å². The number of methoxy groups -OCH3 is 1. The lowest BCUT2D eigenvalue weighted by Gasteiger charge is -2.42. The van der Waals surface area contributed by atoms with Crippen molar-refractivity contribution < 1.29 is 4.74 Å². The molecule has 92 valence electrons. The molecule has 0 aromatic rings. The Morgan fingerprint density at radius 2 is 2.31 bits per heavy atom. The van der Waals surface area contributed by atoms with Gasteiger partial charge in [0.15, 0.2) is 5.96 Å². The van der Waals surface area contributed by atoms with Gasteiger partial charge in [-0.2, -0.15) is 0 Å². The summed E-state index contributed by atoms with van der Waals surface area (Å²) in [6, 6.07) is 0.446. The molecule has 2 rings (SSSR count). The second kappa shape index (κ2) is 4.24. The molecule has 2 N–H and O–H groups in total. The molecule has 0 bridgehead atoms. The van der Waals surface area contributed by atoms with Crippen LogP contribution in [0.3, 0.4) is 0 Å². The molecule has 1 heterocycles. The van der Waals surface area contributed by atoms with Crippen molar-refractivity contribution in [2.24, 2.45) is 16.6 Å². The summed E-state index contributed by atoms with van der Waals surface area (Å²) >= 11 is 0. The number of rotatable bonds is 5. The van der Waals surface area contributed by atoms with E-state index in [1.54, 1.807) is 7.11 Å². The van der Waals surface area contributed by atoms with Gasteiger partial charge in [-0.1, -0.05) is 6.92 Å². The molecule has 0 saturated heterocycles. The SMILES string of the molecule is CCC(C)N1C(N)=NCC1(COC)C1CC1. The topological polar surface area (TPSA) is 50.8 Å². The highest BCUT2D eigenvalue weighted by Gasteiger charge is 2.53. The molecular weight excluding hydrogens is 202 g/mol. The van der Waals surface area contributed by atoms with Gasteiger partial charge in [0, 0.05) is 13.2 Å². The van der Waals surface area contributed by atoms with Gasteiger partial charge in [0.05, 0.1) is 18.7 Å². The van der Waals surface area contributed by atoms with E-state index in [0.717, 1.165) is 19.6 Å². The quantitative estimate of drug-likeness (QED) is 0.765. The number of hydrogen-bond donors (Lipinski definition) is 1. The first kappa shape index (κ1) is 11.7. The van der Waals surface area contributed by atoms with Gasteiger partial charge in [0.2, 0.25) is 0 Å². The Hall–Kier alpha value is -0.770. The van der Waals surface area contributed by atoms with Crippen LogP contribution in [-0.4, -0.2) is 42.7 Å². The summed E-state index contributed by atoms with van der Waals surface area (Å²) in [5, 5.41) is 0. The maximum atomic E-state index is 6.05. The second-order valence-corrected chi connectivity index (χ2v) is 5.11. The van der Waals surface area contributed by atoms with Gasteiger partial charge in [0.25, 0.3) is 0 Å². The molecule has 2 unspecified atom stereocenters. The molecule has 2 aliphatic rings. The molecule has 2 atom stereocenters. The molecule has 0 radical (unpaired) electrons. The lowest BCUT2D eigenvalue weighted by molar-refractivity contribution is 0.0329. The first-order valence-corrected chi connectivity index (χ1v) is 6.24. The van der Waals surface area contributed by atoms with Crippen LogP contribution < -0.4 is 5.73 Å². The summed E-state index contributed by atoms with van der Waals surface area (Å²) in [4.78, 5) is 6.77. The molecule has 16 heavy (non-hydrogen) atoms. The first-order valence-electron chi connectivity index (χ1n) is 6.24. The van der Waals surface area contributed by atoms with Crippen molar-refractivity contribution in [3.05, 3.63) is 0 Å². The summed E-state index contributed by atoms with van der Waals surface area (Å²) in [5.41, 5.74) is 6.10. The molecule has 4 nitrogen and oxygen atoms in total. The number of aliphatic imine (C=N–C) groups is 1. The molecule has 0 aromatic carbocycles. The Morgan fingerprint density at radius 1 is 1.62 bits per heavy atom. The maximum absolute atomic E-state index is 6.05. The van der Waals surface area contributed by atoms with Gasteiger partial charge in [0.1, 0.15) is 0 Å². The smallest absolute Gasteiger partial charge is 0.192 e. The molecule has 0 spiro atoms. The molecular formula is C12H23N3O. The third-order valence-corrected chi connectivity index (χ3v) is 4.00. The summed E-state index contributed by atoms with van der Waals surface area (Å²) < 4.78 is 5.43. The fraction of sp³-hybridized carbons (Fsp3) is 0.917. The van der Waals surface area contributed by atoms with Gasteiger partial charge in [-0.25, -0.2) is 0 Å². The minimum Gasteiger partial charge on any atom is -0.382 e. The predicted molar refractivity (Wildman–Crippen MR) is 65.4 cm³/mol. The van der Waals surface area contributed by atoms with Crippen LogP contribution in [0.4, 0.5) is 0 Å². The monoisotopic (exact) mass is 225 g/mol. The van der Waals surface area contributed by atoms with Crippen molar-refractivity contribution in [2.75, 3.05) is 20.3 Å². The fourth-order valence-electron chi connectivity index (χ4n) is 2.88. The zero-order chi connectivity index (χ0) is 11.8. The number of ether oxygens (including phenoxy) is 1. The molecule has 1 aliphatic heterocycles. The minimum absolute atomic E-state index is 0.0499. The van der Waals surface area contributed by atoms with E-state index >= 15 is 0 Å². The van der Waals surface area contributed by atoms with Crippen molar-refractivity contribution in [1.29, 1.82) is 0 Å². The van der Waals surface area contributed by atoms with Crippen molar-refractivity contribution in [1.82, 2.24) is 4.90 Å². The van der Waals surface area contributed by atoms with E-state index in [2.05, 4.69) is 23.7 Å². The lowest BCUT2D eigenvalue weighted by atomic mass is 9.91. The van der Waals surface area contributed by atoms with Crippen LogP contribution in [0.15, 0.2) is 4.99 Å². The zero-order valence-corrected chi connectivity index (χ0v) is 10.6. The Balaban J connectivity index is 2.23. The third kappa shape index (κ3) is 1.69. The van der Waals surface area contributed by atoms with Crippen molar-refractivity contribution >= 4 is 5.96 Å². The van der Waals surface area contributed by atoms with Gasteiger partial charge in [-0.05, 0) is 32.1 Å². The average Bonchev–Trinajstić information content (AvgIpc) is 3.06. The molecule has 0 aromatic heterocycles. The highest BCUT2D eigenvalue weighted by atomic mass is 16.5. The zero-order valence-electron chi connectivity index (χ0n) is 10.6. The lowest BCUT2D eigenvalue weighted by Crippen LogP contribution is -2.59. The Labute approximate surface area is 97.9 Å². The Bertz CT molecular complexity index is 288. The van der Waals surface area contributed by atoms with Gasteiger partial charge in [-0.3, -0.25) is 4.99 Å². The van der Waals surface area contributed by atoms with Crippen molar-refractivity contribution in [2.45, 2.75) is 44.7 Å². The predicted octanol–water partition coefficient (Wildman–Crippen LogP) is 1.21. The Kier molecular flexibility index (Phi) is 3.10. The van der Waals surface area contributed by atoms with Crippen LogP contribution in [0.25, 0.3) is 0 Å².